The van der Waals surface area contributed by atoms with Gasteiger partial charge in [-0.2, -0.15) is 0 Å². The van der Waals surface area contributed by atoms with Crippen molar-refractivity contribution in [1.29, 1.82) is 0 Å². The third-order valence-corrected chi connectivity index (χ3v) is 7.14. The van der Waals surface area contributed by atoms with Crippen molar-refractivity contribution < 1.29 is 4.79 Å². The first-order chi connectivity index (χ1) is 14.6. The first-order valence-electron chi connectivity index (χ1n) is 11.3. The summed E-state index contributed by atoms with van der Waals surface area (Å²) in [5, 5.41) is 10.0. The molecule has 30 heavy (non-hydrogen) atoms. The third kappa shape index (κ3) is 5.68. The molecule has 2 aliphatic rings. The number of nitrogens with one attached hydrogen (secondary N) is 2. The smallest absolute Gasteiger partial charge is 0.226 e. The second-order valence-electron chi connectivity index (χ2n) is 9.18. The molecule has 1 amide bonds. The lowest BCUT2D eigenvalue weighted by Crippen LogP contribution is -2.60. The van der Waals surface area contributed by atoms with Crippen LogP contribution in [0.1, 0.15) is 45.2 Å². The molecule has 2 N–H and O–H groups in total. The maximum absolute atomic E-state index is 12.6. The number of nitrogens with zero attached hydrogens (tertiary/aromatic N) is 2. The maximum atomic E-state index is 12.6. The Balaban J connectivity index is 1.21. The molecule has 1 saturated heterocycles. The molecule has 1 aliphatic heterocycles. The summed E-state index contributed by atoms with van der Waals surface area (Å²) in [6, 6.07) is 11.4. The molecular weight excluding hydrogens is 392 g/mol. The standard InChI is InChI=1S/C24H34N4OS/c1-17(2)15-28-12-10-19(11-13-28)25-21-8-9-22(21)27-23(29)14-20-16-30-24(26-20)18-6-4-3-5-7-18/h3-7,16-17,19,21-22,25H,8-15H2,1-2H3,(H,27,29)/t21-,22+/m1/s1. The van der Waals surface area contributed by atoms with Gasteiger partial charge in [0.1, 0.15) is 5.01 Å². The zero-order valence-electron chi connectivity index (χ0n) is 18.1. The number of aromatic nitrogens is 1. The number of likely N-dealkylation sites (tertiary alicyclic amines) is 1. The Morgan fingerprint density at radius 3 is 2.53 bits per heavy atom. The van der Waals surface area contributed by atoms with Crippen LogP contribution in [0.25, 0.3) is 10.6 Å². The van der Waals surface area contributed by atoms with E-state index in [1.54, 1.807) is 11.3 Å². The SMILES string of the molecule is CC(C)CN1CCC(N[C@@H]2CC[C@@H]2NC(=O)Cc2csc(-c3ccccc3)n2)CC1. The van der Waals surface area contributed by atoms with Gasteiger partial charge >= 0.3 is 0 Å². The molecule has 4 rings (SSSR count). The highest BCUT2D eigenvalue weighted by Crippen LogP contribution is 2.25. The first kappa shape index (κ1) is 21.5. The quantitative estimate of drug-likeness (QED) is 0.676. The lowest BCUT2D eigenvalue weighted by Gasteiger charge is -2.42. The number of thiazole rings is 1. The van der Waals surface area contributed by atoms with Gasteiger partial charge in [0.05, 0.1) is 12.1 Å². The zero-order valence-corrected chi connectivity index (χ0v) is 19.0. The van der Waals surface area contributed by atoms with E-state index in [0.717, 1.165) is 35.0 Å². The minimum absolute atomic E-state index is 0.0863. The van der Waals surface area contributed by atoms with E-state index in [4.69, 9.17) is 0 Å². The second kappa shape index (κ2) is 10.0. The summed E-state index contributed by atoms with van der Waals surface area (Å²) in [5.74, 6) is 0.824. The molecule has 0 unspecified atom stereocenters. The number of carbonyl (C=O) groups is 1. The van der Waals surface area contributed by atoms with E-state index >= 15 is 0 Å². The van der Waals surface area contributed by atoms with Gasteiger partial charge in [-0.3, -0.25) is 4.79 Å². The maximum Gasteiger partial charge on any atom is 0.226 e. The first-order valence-corrected chi connectivity index (χ1v) is 12.2. The largest absolute Gasteiger partial charge is 0.351 e. The molecule has 6 heteroatoms. The fourth-order valence-corrected chi connectivity index (χ4v) is 5.32. The number of hydrogen-bond donors (Lipinski definition) is 2. The van der Waals surface area contributed by atoms with Crippen molar-refractivity contribution in [3.63, 3.8) is 0 Å². The summed E-state index contributed by atoms with van der Waals surface area (Å²) in [7, 11) is 0. The van der Waals surface area contributed by atoms with Crippen LogP contribution in [-0.4, -0.2) is 53.6 Å². The van der Waals surface area contributed by atoms with Crippen LogP contribution in [-0.2, 0) is 11.2 Å². The lowest BCUT2D eigenvalue weighted by molar-refractivity contribution is -0.122. The van der Waals surface area contributed by atoms with Crippen molar-refractivity contribution in [1.82, 2.24) is 20.5 Å². The van der Waals surface area contributed by atoms with Crippen LogP contribution in [0.3, 0.4) is 0 Å². The molecule has 2 atom stereocenters. The van der Waals surface area contributed by atoms with Gasteiger partial charge in [0.25, 0.3) is 0 Å². The van der Waals surface area contributed by atoms with Gasteiger partial charge in [-0.05, 0) is 44.7 Å². The number of rotatable bonds is 8. The van der Waals surface area contributed by atoms with E-state index in [0.29, 0.717) is 18.5 Å². The van der Waals surface area contributed by atoms with E-state index in [9.17, 15) is 4.79 Å². The molecule has 2 heterocycles. The normalized spacial score (nSPS) is 22.8. The molecule has 0 spiro atoms. The average molecular weight is 427 g/mol. The van der Waals surface area contributed by atoms with Gasteiger partial charge in [-0.25, -0.2) is 4.98 Å². The van der Waals surface area contributed by atoms with Crippen molar-refractivity contribution in [3.8, 4) is 10.6 Å². The summed E-state index contributed by atoms with van der Waals surface area (Å²) in [4.78, 5) is 19.8. The van der Waals surface area contributed by atoms with E-state index in [2.05, 4.69) is 46.5 Å². The van der Waals surface area contributed by atoms with Crippen LogP contribution in [0.2, 0.25) is 0 Å². The monoisotopic (exact) mass is 426 g/mol. The number of piperidine rings is 1. The molecule has 162 valence electrons. The number of carbonyl (C=O) groups excluding carboxylic acids is 1. The molecule has 0 bridgehead atoms. The Morgan fingerprint density at radius 2 is 1.87 bits per heavy atom. The highest BCUT2D eigenvalue weighted by Gasteiger charge is 2.34. The van der Waals surface area contributed by atoms with Crippen LogP contribution in [0.4, 0.5) is 0 Å². The van der Waals surface area contributed by atoms with Gasteiger partial charge in [0.15, 0.2) is 0 Å². The lowest BCUT2D eigenvalue weighted by atomic mass is 9.85. The van der Waals surface area contributed by atoms with Crippen molar-refractivity contribution in [2.75, 3.05) is 19.6 Å². The summed E-state index contributed by atoms with van der Waals surface area (Å²) in [5.41, 5.74) is 1.97. The third-order valence-electron chi connectivity index (χ3n) is 6.20. The van der Waals surface area contributed by atoms with Crippen LogP contribution < -0.4 is 10.6 Å². The van der Waals surface area contributed by atoms with E-state index in [1.807, 2.05) is 23.6 Å². The molecule has 1 aromatic heterocycles. The Hall–Kier alpha value is -1.76. The summed E-state index contributed by atoms with van der Waals surface area (Å²) in [6.07, 6.45) is 5.02. The van der Waals surface area contributed by atoms with Crippen LogP contribution in [0.15, 0.2) is 35.7 Å². The molecule has 5 nitrogen and oxygen atoms in total. The molecule has 1 aliphatic carbocycles. The molecule has 2 fully saturated rings. The molecule has 1 saturated carbocycles. The van der Waals surface area contributed by atoms with E-state index in [1.165, 1.54) is 32.5 Å². The Kier molecular flexibility index (Phi) is 7.18. The van der Waals surface area contributed by atoms with Gasteiger partial charge in [0.2, 0.25) is 5.91 Å². The van der Waals surface area contributed by atoms with Crippen molar-refractivity contribution in [2.45, 2.75) is 64.1 Å². The van der Waals surface area contributed by atoms with Crippen LogP contribution in [0, 0.1) is 5.92 Å². The minimum atomic E-state index is 0.0863. The number of hydrogen-bond acceptors (Lipinski definition) is 5. The highest BCUT2D eigenvalue weighted by atomic mass is 32.1. The molecule has 2 aromatic rings. The van der Waals surface area contributed by atoms with Crippen molar-refractivity contribution in [2.24, 2.45) is 5.92 Å². The van der Waals surface area contributed by atoms with Crippen molar-refractivity contribution in [3.05, 3.63) is 41.4 Å². The van der Waals surface area contributed by atoms with Crippen LogP contribution in [0.5, 0.6) is 0 Å². The Labute approximate surface area is 184 Å². The average Bonchev–Trinajstić information content (AvgIpc) is 3.19. The summed E-state index contributed by atoms with van der Waals surface area (Å²) < 4.78 is 0. The number of amides is 1. The molecule has 0 radical (unpaired) electrons. The Morgan fingerprint density at radius 1 is 1.13 bits per heavy atom. The highest BCUT2D eigenvalue weighted by molar-refractivity contribution is 7.13. The minimum Gasteiger partial charge on any atom is -0.351 e. The predicted octanol–water partition coefficient (Wildman–Crippen LogP) is 3.71. The second-order valence-corrected chi connectivity index (χ2v) is 10.0. The summed E-state index contributed by atoms with van der Waals surface area (Å²) in [6.45, 7) is 8.16. The molecule has 1 aromatic carbocycles. The Bertz CT molecular complexity index is 814. The molecular formula is C24H34N4OS. The van der Waals surface area contributed by atoms with E-state index in [-0.39, 0.29) is 11.9 Å². The number of benzene rings is 1. The van der Waals surface area contributed by atoms with Gasteiger partial charge < -0.3 is 15.5 Å². The zero-order chi connectivity index (χ0) is 20.9. The fourth-order valence-electron chi connectivity index (χ4n) is 4.50. The topological polar surface area (TPSA) is 57.3 Å². The van der Waals surface area contributed by atoms with Gasteiger partial charge in [0, 0.05) is 35.6 Å². The van der Waals surface area contributed by atoms with E-state index < -0.39 is 0 Å². The van der Waals surface area contributed by atoms with Crippen LogP contribution >= 0.6 is 11.3 Å². The van der Waals surface area contributed by atoms with Crippen molar-refractivity contribution >= 4 is 17.2 Å². The summed E-state index contributed by atoms with van der Waals surface area (Å²) >= 11 is 1.60. The predicted molar refractivity (Wildman–Crippen MR) is 124 cm³/mol. The van der Waals surface area contributed by atoms with Gasteiger partial charge in [-0.1, -0.05) is 44.2 Å². The fraction of sp³-hybridized carbons (Fsp3) is 0.583. The van der Waals surface area contributed by atoms with Gasteiger partial charge in [-0.15, -0.1) is 11.3 Å².